The summed E-state index contributed by atoms with van der Waals surface area (Å²) in [7, 11) is 0. The predicted octanol–water partition coefficient (Wildman–Crippen LogP) is 7.15. The fourth-order valence-corrected chi connectivity index (χ4v) is 4.14. The summed E-state index contributed by atoms with van der Waals surface area (Å²) in [6.45, 7) is 6.41. The molecule has 0 radical (unpaired) electrons. The maximum atomic E-state index is 2.43. The lowest BCUT2D eigenvalue weighted by Gasteiger charge is -2.22. The quantitative estimate of drug-likeness (QED) is 0.347. The normalized spacial score (nSPS) is 15.0. The molecule has 4 rings (SSSR count). The van der Waals surface area contributed by atoms with E-state index in [9.17, 15) is 0 Å². The Bertz CT molecular complexity index is 1060. The second-order valence-corrected chi connectivity index (χ2v) is 6.90. The highest BCUT2D eigenvalue weighted by Crippen LogP contribution is 2.39. The van der Waals surface area contributed by atoms with E-state index in [0.29, 0.717) is 0 Å². The molecule has 1 aliphatic rings. The first-order valence-electron chi connectivity index (χ1n) is 9.17. The molecule has 0 N–H and O–H groups in total. The van der Waals surface area contributed by atoms with E-state index < -0.39 is 0 Å². The summed E-state index contributed by atoms with van der Waals surface area (Å²) in [4.78, 5) is 0. The summed E-state index contributed by atoms with van der Waals surface area (Å²) in [5, 5.41) is 5.55. The van der Waals surface area contributed by atoms with Gasteiger partial charge in [-0.2, -0.15) is 0 Å². The van der Waals surface area contributed by atoms with Crippen molar-refractivity contribution in [3.63, 3.8) is 0 Å². The number of rotatable bonds is 2. The summed E-state index contributed by atoms with van der Waals surface area (Å²) < 4.78 is 0. The van der Waals surface area contributed by atoms with Gasteiger partial charge in [0.1, 0.15) is 0 Å². The molecule has 0 atom stereocenters. The minimum Gasteiger partial charge on any atom is -0.0871 e. The van der Waals surface area contributed by atoms with Crippen LogP contribution in [0, 0.1) is 6.92 Å². The second kappa shape index (κ2) is 6.37. The second-order valence-electron chi connectivity index (χ2n) is 6.90. The Hall–Kier alpha value is -2.60. The Labute approximate surface area is 150 Å². The van der Waals surface area contributed by atoms with Gasteiger partial charge in [0.2, 0.25) is 0 Å². The highest BCUT2D eigenvalue weighted by Gasteiger charge is 2.18. The summed E-state index contributed by atoms with van der Waals surface area (Å²) in [6, 6.07) is 15.7. The van der Waals surface area contributed by atoms with Crippen LogP contribution in [0.1, 0.15) is 37.0 Å². The Kier molecular flexibility index (Phi) is 4.05. The fourth-order valence-electron chi connectivity index (χ4n) is 4.14. The lowest BCUT2D eigenvalue weighted by molar-refractivity contribution is 0.951. The van der Waals surface area contributed by atoms with E-state index in [1.807, 2.05) is 0 Å². The first kappa shape index (κ1) is 15.9. The van der Waals surface area contributed by atoms with Crippen molar-refractivity contribution in [1.29, 1.82) is 0 Å². The Morgan fingerprint density at radius 3 is 2.40 bits per heavy atom. The molecule has 0 amide bonds. The summed E-state index contributed by atoms with van der Waals surface area (Å²) >= 11 is 0. The molecule has 0 aromatic heterocycles. The third kappa shape index (κ3) is 2.62. The molecule has 0 fully saturated rings. The topological polar surface area (TPSA) is 0 Å². The van der Waals surface area contributed by atoms with Gasteiger partial charge in [-0.15, -0.1) is 0 Å². The lowest BCUT2D eigenvalue weighted by atomic mass is 9.82. The minimum absolute atomic E-state index is 1.11. The average Bonchev–Trinajstić information content (AvgIpc) is 2.66. The lowest BCUT2D eigenvalue weighted by Crippen LogP contribution is -2.03. The maximum Gasteiger partial charge on any atom is -0.00990 e. The van der Waals surface area contributed by atoms with Crippen LogP contribution >= 0.6 is 0 Å². The zero-order valence-electron chi connectivity index (χ0n) is 15.3. The van der Waals surface area contributed by atoms with Crippen molar-refractivity contribution in [3.8, 4) is 0 Å². The van der Waals surface area contributed by atoms with Crippen LogP contribution in [0.2, 0.25) is 0 Å². The first-order chi connectivity index (χ1) is 12.2. The van der Waals surface area contributed by atoms with Crippen molar-refractivity contribution in [1.82, 2.24) is 0 Å². The molecule has 25 heavy (non-hydrogen) atoms. The van der Waals surface area contributed by atoms with Gasteiger partial charge in [-0.25, -0.2) is 0 Å². The summed E-state index contributed by atoms with van der Waals surface area (Å²) in [5.41, 5.74) is 7.05. The van der Waals surface area contributed by atoms with Crippen LogP contribution in [0.25, 0.3) is 27.6 Å². The molecule has 1 aliphatic carbocycles. The minimum atomic E-state index is 1.11. The molecule has 124 valence electrons. The van der Waals surface area contributed by atoms with E-state index in [4.69, 9.17) is 0 Å². The molecule has 0 bridgehead atoms. The monoisotopic (exact) mass is 324 g/mol. The van der Waals surface area contributed by atoms with Gasteiger partial charge in [-0.05, 0) is 77.4 Å². The number of hydrogen-bond acceptors (Lipinski definition) is 0. The van der Waals surface area contributed by atoms with Crippen molar-refractivity contribution >= 4 is 27.6 Å². The Morgan fingerprint density at radius 2 is 1.64 bits per heavy atom. The van der Waals surface area contributed by atoms with Crippen LogP contribution in [0.4, 0.5) is 0 Å². The van der Waals surface area contributed by atoms with Crippen molar-refractivity contribution in [2.75, 3.05) is 0 Å². The number of hydrogen-bond donors (Lipinski definition) is 0. The Morgan fingerprint density at radius 1 is 0.880 bits per heavy atom. The van der Waals surface area contributed by atoms with E-state index in [1.54, 1.807) is 0 Å². The molecule has 0 heteroatoms. The van der Waals surface area contributed by atoms with Crippen LogP contribution in [-0.2, 0) is 6.42 Å². The highest BCUT2D eigenvalue weighted by molar-refractivity contribution is 6.13. The number of aryl methyl sites for hydroxylation is 2. The standard InChI is InChI=1S/C25H24/c1-4-8-18(5-2)19-12-14-23-21-10-7-6-9-20(21)22-13-11-17(3)15-24(22)25(23)16-19/h4-11,13,15-16H,12,14H2,1-3H3/b8-4-,18-5+. The zero-order valence-corrected chi connectivity index (χ0v) is 15.3. The van der Waals surface area contributed by atoms with E-state index in [2.05, 4.69) is 87.5 Å². The van der Waals surface area contributed by atoms with Gasteiger partial charge in [0.15, 0.2) is 0 Å². The van der Waals surface area contributed by atoms with Gasteiger partial charge >= 0.3 is 0 Å². The van der Waals surface area contributed by atoms with Crippen LogP contribution in [0.15, 0.2) is 71.8 Å². The van der Waals surface area contributed by atoms with Gasteiger partial charge in [-0.3, -0.25) is 0 Å². The smallest absolute Gasteiger partial charge is 0.00990 e. The molecule has 0 saturated carbocycles. The maximum absolute atomic E-state index is 2.43. The molecular weight excluding hydrogens is 300 g/mol. The molecule has 3 aromatic carbocycles. The van der Waals surface area contributed by atoms with Gasteiger partial charge in [0, 0.05) is 0 Å². The van der Waals surface area contributed by atoms with Crippen LogP contribution in [0.5, 0.6) is 0 Å². The molecule has 0 unspecified atom stereocenters. The van der Waals surface area contributed by atoms with E-state index in [0.717, 1.165) is 12.8 Å². The van der Waals surface area contributed by atoms with Crippen molar-refractivity contribution in [3.05, 3.63) is 88.5 Å². The number of fused-ring (bicyclic) bond motifs is 6. The zero-order chi connectivity index (χ0) is 17.4. The molecule has 0 aliphatic heterocycles. The highest BCUT2D eigenvalue weighted by atomic mass is 14.2. The summed E-state index contributed by atoms with van der Waals surface area (Å²) in [6.07, 6.45) is 11.2. The molecule has 0 heterocycles. The molecule has 0 spiro atoms. The number of benzene rings is 3. The first-order valence-corrected chi connectivity index (χ1v) is 9.17. The summed E-state index contributed by atoms with van der Waals surface area (Å²) in [5.74, 6) is 0. The van der Waals surface area contributed by atoms with Crippen molar-refractivity contribution in [2.45, 2.75) is 33.6 Å². The third-order valence-corrected chi connectivity index (χ3v) is 5.32. The van der Waals surface area contributed by atoms with Crippen molar-refractivity contribution < 1.29 is 0 Å². The van der Waals surface area contributed by atoms with Gasteiger partial charge in [0.25, 0.3) is 0 Å². The van der Waals surface area contributed by atoms with Crippen LogP contribution < -0.4 is 0 Å². The van der Waals surface area contributed by atoms with Gasteiger partial charge in [0.05, 0.1) is 0 Å². The van der Waals surface area contributed by atoms with E-state index >= 15 is 0 Å². The fraction of sp³-hybridized carbons (Fsp3) is 0.200. The average molecular weight is 324 g/mol. The molecule has 3 aromatic rings. The Balaban J connectivity index is 2.09. The van der Waals surface area contributed by atoms with E-state index in [1.165, 1.54) is 49.4 Å². The molecular formula is C25H24. The SMILES string of the molecule is C/C=C\C(=C/C)C1=Cc2c(c3ccccc3c3ccc(C)cc23)CC1. The number of allylic oxidation sites excluding steroid dienone is 5. The molecule has 0 saturated heterocycles. The van der Waals surface area contributed by atoms with Gasteiger partial charge < -0.3 is 0 Å². The third-order valence-electron chi connectivity index (χ3n) is 5.32. The van der Waals surface area contributed by atoms with Crippen LogP contribution in [-0.4, -0.2) is 0 Å². The largest absolute Gasteiger partial charge is 0.0871 e. The van der Waals surface area contributed by atoms with Crippen LogP contribution in [0.3, 0.4) is 0 Å². The molecule has 0 nitrogen and oxygen atoms in total. The van der Waals surface area contributed by atoms with Gasteiger partial charge in [-0.1, -0.05) is 72.3 Å². The predicted molar refractivity (Wildman–Crippen MR) is 111 cm³/mol. The van der Waals surface area contributed by atoms with Crippen molar-refractivity contribution in [2.24, 2.45) is 0 Å². The van der Waals surface area contributed by atoms with E-state index in [-0.39, 0.29) is 0 Å².